The van der Waals surface area contributed by atoms with Gasteiger partial charge >= 0.3 is 11.2 Å². The monoisotopic (exact) mass is 395 g/mol. The third-order valence-electron chi connectivity index (χ3n) is 5.86. The Morgan fingerprint density at radius 3 is 2.50 bits per heavy atom. The van der Waals surface area contributed by atoms with Gasteiger partial charge in [-0.15, -0.1) is 0 Å². The normalized spacial score (nSPS) is 36.2. The summed E-state index contributed by atoms with van der Waals surface area (Å²) in [5, 5.41) is 5.41. The molecule has 0 aliphatic heterocycles. The molecular weight excluding hydrogens is 374 g/mol. The Morgan fingerprint density at radius 2 is 1.85 bits per heavy atom. The van der Waals surface area contributed by atoms with E-state index in [0.717, 1.165) is 12.8 Å². The first-order chi connectivity index (χ1) is 12.0. The van der Waals surface area contributed by atoms with Crippen molar-refractivity contribution in [3.63, 3.8) is 0 Å². The molecule has 0 aromatic rings. The summed E-state index contributed by atoms with van der Waals surface area (Å²) in [6.07, 6.45) is 2.60. The van der Waals surface area contributed by atoms with Crippen LogP contribution in [0.2, 0.25) is 0 Å². The van der Waals surface area contributed by atoms with Crippen LogP contribution in [0.4, 0.5) is 8.78 Å². The highest BCUT2D eigenvalue weighted by Gasteiger charge is 2.56. The van der Waals surface area contributed by atoms with Gasteiger partial charge in [0.2, 0.25) is 0 Å². The third kappa shape index (κ3) is 3.64. The molecule has 3 rings (SSSR count). The standard InChI is InChI=1S/C16H22F2O7S/c1-8(6-24-7-16(17,18)26(21,22)23)15(20)25-10-4-11-9-2-13(12(11)5-10)14(19)3-9/h9-14,19H,1-7H2,(H,21,22,23)/p-1. The number of esters is 1. The molecule has 0 heterocycles. The fourth-order valence-electron chi connectivity index (χ4n) is 4.74. The number of aliphatic hydroxyl groups excluding tert-OH is 1. The maximum Gasteiger partial charge on any atom is 0.357 e. The quantitative estimate of drug-likeness (QED) is 0.389. The molecule has 6 unspecified atom stereocenters. The van der Waals surface area contributed by atoms with Crippen LogP contribution in [-0.2, 0) is 24.4 Å². The molecule has 2 bridgehead atoms. The van der Waals surface area contributed by atoms with Crippen molar-refractivity contribution >= 4 is 16.1 Å². The van der Waals surface area contributed by atoms with Crippen LogP contribution in [0.25, 0.3) is 0 Å². The van der Waals surface area contributed by atoms with E-state index >= 15 is 0 Å². The lowest BCUT2D eigenvalue weighted by molar-refractivity contribution is -0.145. The molecule has 0 aromatic carbocycles. The SMILES string of the molecule is C=C(COCC(F)(F)S(=O)(=O)[O-])C(=O)OC1CC2C3CC(O)C(C3)C2C1. The molecule has 0 aromatic heterocycles. The molecular formula is C16H21F2O7S-. The summed E-state index contributed by atoms with van der Waals surface area (Å²) >= 11 is 0. The van der Waals surface area contributed by atoms with E-state index in [1.54, 1.807) is 0 Å². The van der Waals surface area contributed by atoms with Crippen molar-refractivity contribution in [2.45, 2.75) is 43.1 Å². The maximum absolute atomic E-state index is 13.0. The van der Waals surface area contributed by atoms with Crippen LogP contribution in [0.3, 0.4) is 0 Å². The highest BCUT2D eigenvalue weighted by molar-refractivity contribution is 7.86. The Labute approximate surface area is 150 Å². The minimum absolute atomic E-state index is 0.232. The Balaban J connectivity index is 1.44. The van der Waals surface area contributed by atoms with Crippen LogP contribution < -0.4 is 0 Å². The van der Waals surface area contributed by atoms with E-state index in [1.165, 1.54) is 0 Å². The number of hydrogen-bond donors (Lipinski definition) is 1. The molecule has 0 saturated heterocycles. The van der Waals surface area contributed by atoms with Crippen LogP contribution in [0.1, 0.15) is 25.7 Å². The van der Waals surface area contributed by atoms with Gasteiger partial charge < -0.3 is 19.1 Å². The topological polar surface area (TPSA) is 113 Å². The minimum Gasteiger partial charge on any atom is -0.743 e. The average molecular weight is 395 g/mol. The lowest BCUT2D eigenvalue weighted by Gasteiger charge is -2.27. The van der Waals surface area contributed by atoms with E-state index in [-0.39, 0.29) is 23.7 Å². The predicted molar refractivity (Wildman–Crippen MR) is 82.9 cm³/mol. The lowest BCUT2D eigenvalue weighted by atomic mass is 9.80. The van der Waals surface area contributed by atoms with E-state index in [0.29, 0.717) is 30.6 Å². The van der Waals surface area contributed by atoms with Gasteiger partial charge in [0.05, 0.1) is 18.3 Å². The molecule has 1 N–H and O–H groups in total. The largest absolute Gasteiger partial charge is 0.743 e. The first kappa shape index (κ1) is 19.7. The summed E-state index contributed by atoms with van der Waals surface area (Å²) in [5.41, 5.74) is -0.232. The molecule has 7 nitrogen and oxygen atoms in total. The fourth-order valence-corrected chi connectivity index (χ4v) is 4.97. The van der Waals surface area contributed by atoms with Gasteiger partial charge in [0.15, 0.2) is 10.1 Å². The van der Waals surface area contributed by atoms with Crippen LogP contribution in [0, 0.1) is 23.7 Å². The van der Waals surface area contributed by atoms with Crippen molar-refractivity contribution in [2.75, 3.05) is 13.2 Å². The first-order valence-corrected chi connectivity index (χ1v) is 9.88. The van der Waals surface area contributed by atoms with Crippen LogP contribution in [0.5, 0.6) is 0 Å². The molecule has 0 spiro atoms. The highest BCUT2D eigenvalue weighted by atomic mass is 32.2. The highest BCUT2D eigenvalue weighted by Crippen LogP contribution is 2.59. The van der Waals surface area contributed by atoms with Crippen LogP contribution in [-0.4, -0.2) is 54.7 Å². The van der Waals surface area contributed by atoms with E-state index in [1.807, 2.05) is 0 Å². The molecule has 10 heteroatoms. The Hall–Kier alpha value is -1.10. The average Bonchev–Trinajstić information content (AvgIpc) is 3.16. The molecule has 0 radical (unpaired) electrons. The Morgan fingerprint density at radius 1 is 1.19 bits per heavy atom. The van der Waals surface area contributed by atoms with Gasteiger partial charge in [0.1, 0.15) is 12.7 Å². The van der Waals surface area contributed by atoms with Gasteiger partial charge in [-0.1, -0.05) is 6.58 Å². The second-order valence-electron chi connectivity index (χ2n) is 7.48. The fraction of sp³-hybridized carbons (Fsp3) is 0.812. The lowest BCUT2D eigenvalue weighted by Crippen LogP contribution is -2.34. The first-order valence-electron chi connectivity index (χ1n) is 8.47. The third-order valence-corrected chi connectivity index (χ3v) is 6.71. The van der Waals surface area contributed by atoms with Crippen molar-refractivity contribution in [1.82, 2.24) is 0 Å². The predicted octanol–water partition coefficient (Wildman–Crippen LogP) is 1.04. The molecule has 3 fully saturated rings. The number of ether oxygens (including phenoxy) is 2. The number of carbonyl (C=O) groups is 1. The molecule has 3 aliphatic rings. The number of alkyl halides is 2. The van der Waals surface area contributed by atoms with Crippen molar-refractivity contribution in [2.24, 2.45) is 23.7 Å². The summed E-state index contributed by atoms with van der Waals surface area (Å²) in [7, 11) is -5.83. The van der Waals surface area contributed by atoms with Crippen molar-refractivity contribution in [1.29, 1.82) is 0 Å². The molecule has 26 heavy (non-hydrogen) atoms. The zero-order chi connectivity index (χ0) is 19.3. The van der Waals surface area contributed by atoms with Gasteiger partial charge in [0, 0.05) is 0 Å². The summed E-state index contributed by atoms with van der Waals surface area (Å²) in [4.78, 5) is 12.0. The van der Waals surface area contributed by atoms with Crippen molar-refractivity contribution in [3.05, 3.63) is 12.2 Å². The Kier molecular flexibility index (Phi) is 5.15. The van der Waals surface area contributed by atoms with Crippen LogP contribution >= 0.6 is 0 Å². The Bertz CT molecular complexity index is 693. The number of hydrogen-bond acceptors (Lipinski definition) is 7. The van der Waals surface area contributed by atoms with E-state index in [2.05, 4.69) is 11.3 Å². The minimum atomic E-state index is -5.83. The molecule has 148 valence electrons. The second kappa shape index (κ2) is 6.81. The number of halogens is 2. The second-order valence-corrected chi connectivity index (χ2v) is 8.98. The van der Waals surface area contributed by atoms with Gasteiger partial charge in [-0.3, -0.25) is 0 Å². The van der Waals surface area contributed by atoms with Gasteiger partial charge in [0.25, 0.3) is 0 Å². The van der Waals surface area contributed by atoms with Crippen molar-refractivity contribution in [3.8, 4) is 0 Å². The number of carbonyl (C=O) groups excluding carboxylic acids is 1. The zero-order valence-electron chi connectivity index (χ0n) is 14.0. The smallest absolute Gasteiger partial charge is 0.357 e. The van der Waals surface area contributed by atoms with Crippen molar-refractivity contribution < 1.29 is 41.1 Å². The number of fused-ring (bicyclic) bond motifs is 5. The molecule has 6 atom stereocenters. The van der Waals surface area contributed by atoms with E-state index in [9.17, 15) is 31.7 Å². The van der Waals surface area contributed by atoms with Gasteiger partial charge in [-0.25, -0.2) is 13.2 Å². The summed E-state index contributed by atoms with van der Waals surface area (Å²) < 4.78 is 66.8. The van der Waals surface area contributed by atoms with Crippen LogP contribution in [0.15, 0.2) is 12.2 Å². The number of aliphatic hydroxyl groups is 1. The van der Waals surface area contributed by atoms with E-state index < -0.39 is 34.6 Å². The summed E-state index contributed by atoms with van der Waals surface area (Å²) in [5.74, 6) is 0.706. The van der Waals surface area contributed by atoms with Gasteiger partial charge in [-0.2, -0.15) is 8.78 Å². The zero-order valence-corrected chi connectivity index (χ0v) is 14.8. The molecule has 0 amide bonds. The molecule has 3 saturated carbocycles. The number of rotatable bonds is 7. The van der Waals surface area contributed by atoms with Gasteiger partial charge in [-0.05, 0) is 49.4 Å². The van der Waals surface area contributed by atoms with E-state index in [4.69, 9.17) is 4.74 Å². The summed E-state index contributed by atoms with van der Waals surface area (Å²) in [6, 6.07) is 0. The maximum atomic E-state index is 13.0. The summed E-state index contributed by atoms with van der Waals surface area (Å²) in [6.45, 7) is 1.08. The molecule has 3 aliphatic carbocycles.